The van der Waals surface area contributed by atoms with Gasteiger partial charge >= 0.3 is 0 Å². The van der Waals surface area contributed by atoms with Gasteiger partial charge in [0.15, 0.2) is 0 Å². The Hall–Kier alpha value is -2.15. The Morgan fingerprint density at radius 3 is 2.07 bits per heavy atom. The molecule has 2 N–H and O–H groups in total. The lowest BCUT2D eigenvalue weighted by Crippen LogP contribution is -2.42. The zero-order valence-electron chi connectivity index (χ0n) is 18.5. The lowest BCUT2D eigenvalue weighted by molar-refractivity contribution is 0.0927. The van der Waals surface area contributed by atoms with Gasteiger partial charge < -0.3 is 20.1 Å². The van der Waals surface area contributed by atoms with Crippen LogP contribution in [0, 0.1) is 11.3 Å². The Bertz CT molecular complexity index is 749. The summed E-state index contributed by atoms with van der Waals surface area (Å²) in [5, 5.41) is 5.60. The van der Waals surface area contributed by atoms with Gasteiger partial charge in [0.2, 0.25) is 5.43 Å². The number of nitrogens with zero attached hydrogens (tertiary/aromatic N) is 2. The summed E-state index contributed by atoms with van der Waals surface area (Å²) in [5.74, 6) is -0.605. The van der Waals surface area contributed by atoms with Crippen molar-refractivity contribution in [1.82, 2.24) is 20.1 Å². The molecule has 0 aliphatic carbocycles. The van der Waals surface area contributed by atoms with E-state index in [1.807, 2.05) is 41.8 Å². The molecule has 1 rings (SSSR count). The molecule has 2 amide bonds. The molecule has 0 aliphatic rings. The fraction of sp³-hybridized carbons (Fsp3) is 0.667. The number of carbonyl (C=O) groups excluding carboxylic acids is 2. The predicted molar refractivity (Wildman–Crippen MR) is 113 cm³/mol. The second-order valence-corrected chi connectivity index (χ2v) is 9.22. The van der Waals surface area contributed by atoms with Crippen LogP contribution in [-0.4, -0.2) is 54.5 Å². The van der Waals surface area contributed by atoms with Gasteiger partial charge in [-0.15, -0.1) is 0 Å². The van der Waals surface area contributed by atoms with Crippen LogP contribution in [0.4, 0.5) is 0 Å². The van der Waals surface area contributed by atoms with Crippen LogP contribution in [0.2, 0.25) is 0 Å². The molecular formula is C21H36N4O3. The fourth-order valence-electron chi connectivity index (χ4n) is 3.15. The zero-order valence-corrected chi connectivity index (χ0v) is 18.5. The van der Waals surface area contributed by atoms with Crippen molar-refractivity contribution in [3.8, 4) is 0 Å². The van der Waals surface area contributed by atoms with Crippen LogP contribution in [-0.2, 0) is 6.54 Å². The van der Waals surface area contributed by atoms with E-state index >= 15 is 0 Å². The van der Waals surface area contributed by atoms with Crippen LogP contribution in [0.5, 0.6) is 0 Å². The first-order chi connectivity index (χ1) is 12.8. The van der Waals surface area contributed by atoms with E-state index in [0.717, 1.165) is 6.54 Å². The summed E-state index contributed by atoms with van der Waals surface area (Å²) in [6.45, 7) is 13.7. The van der Waals surface area contributed by atoms with Gasteiger partial charge in [-0.05, 0) is 39.3 Å². The van der Waals surface area contributed by atoms with Crippen molar-refractivity contribution in [2.24, 2.45) is 11.3 Å². The minimum atomic E-state index is -0.541. The van der Waals surface area contributed by atoms with Crippen molar-refractivity contribution in [3.05, 3.63) is 33.7 Å². The second-order valence-electron chi connectivity index (χ2n) is 9.22. The fourth-order valence-corrected chi connectivity index (χ4v) is 3.15. The number of carbonyl (C=O) groups is 2. The van der Waals surface area contributed by atoms with Gasteiger partial charge in [0.1, 0.15) is 11.1 Å². The number of amides is 2. The molecule has 7 nitrogen and oxygen atoms in total. The SMILES string of the molecule is CC(C)Cn1cc(C(=O)NCC(C)(C)CN(C)C)c(=O)c(C(=O)NC(C)C)c1. The number of hydrogen-bond acceptors (Lipinski definition) is 4. The minimum Gasteiger partial charge on any atom is -0.352 e. The lowest BCUT2D eigenvalue weighted by Gasteiger charge is -2.28. The van der Waals surface area contributed by atoms with Gasteiger partial charge in [-0.3, -0.25) is 14.4 Å². The third-order valence-electron chi connectivity index (χ3n) is 4.04. The zero-order chi connectivity index (χ0) is 21.6. The van der Waals surface area contributed by atoms with Crippen molar-refractivity contribution in [2.75, 3.05) is 27.2 Å². The number of nitrogens with one attached hydrogen (secondary N) is 2. The highest BCUT2D eigenvalue weighted by Crippen LogP contribution is 2.14. The van der Waals surface area contributed by atoms with Crippen molar-refractivity contribution >= 4 is 11.8 Å². The smallest absolute Gasteiger partial charge is 0.256 e. The first kappa shape index (κ1) is 23.9. The Labute approximate surface area is 168 Å². The summed E-state index contributed by atoms with van der Waals surface area (Å²) in [4.78, 5) is 40.1. The second kappa shape index (κ2) is 9.87. The summed E-state index contributed by atoms with van der Waals surface area (Å²) in [6, 6.07) is -0.102. The van der Waals surface area contributed by atoms with E-state index in [0.29, 0.717) is 19.0 Å². The molecule has 0 fully saturated rings. The molecule has 7 heteroatoms. The van der Waals surface area contributed by atoms with Gasteiger partial charge in [-0.1, -0.05) is 27.7 Å². The van der Waals surface area contributed by atoms with Crippen molar-refractivity contribution in [3.63, 3.8) is 0 Å². The lowest BCUT2D eigenvalue weighted by atomic mass is 9.93. The van der Waals surface area contributed by atoms with Gasteiger partial charge in [0, 0.05) is 38.1 Å². The summed E-state index contributed by atoms with van der Waals surface area (Å²) < 4.78 is 1.75. The first-order valence-electron chi connectivity index (χ1n) is 9.80. The summed E-state index contributed by atoms with van der Waals surface area (Å²) >= 11 is 0. The van der Waals surface area contributed by atoms with Crippen LogP contribution < -0.4 is 16.1 Å². The molecular weight excluding hydrogens is 356 g/mol. The highest BCUT2D eigenvalue weighted by molar-refractivity contribution is 5.99. The number of rotatable bonds is 9. The summed E-state index contributed by atoms with van der Waals surface area (Å²) in [5.41, 5.74) is -0.698. The van der Waals surface area contributed by atoms with E-state index in [2.05, 4.69) is 29.4 Å². The Balaban J connectivity index is 3.19. The normalized spacial score (nSPS) is 12.0. The molecule has 0 aromatic carbocycles. The topological polar surface area (TPSA) is 83.4 Å². The molecule has 1 aromatic rings. The molecule has 0 bridgehead atoms. The molecule has 0 radical (unpaired) electrons. The molecule has 0 aliphatic heterocycles. The van der Waals surface area contributed by atoms with E-state index in [4.69, 9.17) is 0 Å². The van der Waals surface area contributed by atoms with Crippen LogP contribution in [0.25, 0.3) is 0 Å². The van der Waals surface area contributed by atoms with Crippen molar-refractivity contribution < 1.29 is 9.59 Å². The van der Waals surface area contributed by atoms with Crippen molar-refractivity contribution in [2.45, 2.75) is 54.1 Å². The third kappa shape index (κ3) is 7.46. The predicted octanol–water partition coefficient (Wildman–Crippen LogP) is 1.96. The summed E-state index contributed by atoms with van der Waals surface area (Å²) in [6.07, 6.45) is 3.08. The Kier molecular flexibility index (Phi) is 8.42. The van der Waals surface area contributed by atoms with Crippen LogP contribution in [0.15, 0.2) is 17.2 Å². The molecule has 1 aromatic heterocycles. The van der Waals surface area contributed by atoms with E-state index < -0.39 is 17.2 Å². The molecule has 0 saturated carbocycles. The van der Waals surface area contributed by atoms with Gasteiger partial charge in [0.25, 0.3) is 11.8 Å². The van der Waals surface area contributed by atoms with E-state index in [9.17, 15) is 14.4 Å². The largest absolute Gasteiger partial charge is 0.352 e. The minimum absolute atomic E-state index is 0.00212. The van der Waals surface area contributed by atoms with Gasteiger partial charge in [-0.2, -0.15) is 0 Å². The maximum absolute atomic E-state index is 12.8. The van der Waals surface area contributed by atoms with Crippen LogP contribution in [0.3, 0.4) is 0 Å². The maximum atomic E-state index is 12.8. The highest BCUT2D eigenvalue weighted by atomic mass is 16.2. The van der Waals surface area contributed by atoms with Gasteiger partial charge in [-0.25, -0.2) is 0 Å². The molecule has 0 atom stereocenters. The highest BCUT2D eigenvalue weighted by Gasteiger charge is 2.23. The van der Waals surface area contributed by atoms with Crippen LogP contribution >= 0.6 is 0 Å². The molecule has 0 spiro atoms. The number of hydrogen-bond donors (Lipinski definition) is 2. The molecule has 0 unspecified atom stereocenters. The third-order valence-corrected chi connectivity index (χ3v) is 4.04. The Morgan fingerprint density at radius 2 is 1.61 bits per heavy atom. The van der Waals surface area contributed by atoms with E-state index in [-0.39, 0.29) is 22.6 Å². The molecule has 1 heterocycles. The Morgan fingerprint density at radius 1 is 1.07 bits per heavy atom. The van der Waals surface area contributed by atoms with Crippen LogP contribution in [0.1, 0.15) is 62.3 Å². The summed E-state index contributed by atoms with van der Waals surface area (Å²) in [7, 11) is 3.95. The average Bonchev–Trinajstić information content (AvgIpc) is 2.51. The average molecular weight is 393 g/mol. The first-order valence-corrected chi connectivity index (χ1v) is 9.80. The molecule has 0 saturated heterocycles. The number of pyridine rings is 1. The monoisotopic (exact) mass is 392 g/mol. The van der Waals surface area contributed by atoms with E-state index in [1.54, 1.807) is 10.8 Å². The standard InChI is InChI=1S/C21H36N4O3/c1-14(2)9-25-10-16(18(26)17(11-25)20(28)23-15(3)4)19(27)22-12-21(5,6)13-24(7)8/h10-11,14-15H,9,12-13H2,1-8H3,(H,22,27)(H,23,28). The molecule has 28 heavy (non-hydrogen) atoms. The maximum Gasteiger partial charge on any atom is 0.256 e. The van der Waals surface area contributed by atoms with Gasteiger partial charge in [0.05, 0.1) is 0 Å². The number of aromatic nitrogens is 1. The van der Waals surface area contributed by atoms with E-state index in [1.165, 1.54) is 6.20 Å². The quantitative estimate of drug-likeness (QED) is 0.673. The van der Waals surface area contributed by atoms with Crippen molar-refractivity contribution in [1.29, 1.82) is 0 Å². The molecule has 158 valence electrons.